The van der Waals surface area contributed by atoms with Crippen molar-refractivity contribution >= 4 is 28.5 Å². The average Bonchev–Trinajstić information content (AvgIpc) is 3.27. The summed E-state index contributed by atoms with van der Waals surface area (Å²) in [6.07, 6.45) is -1.18. The minimum Gasteiger partial charge on any atom is -0.371 e. The van der Waals surface area contributed by atoms with Crippen LogP contribution in [0.25, 0.3) is 5.57 Å². The van der Waals surface area contributed by atoms with Crippen LogP contribution in [0.2, 0.25) is 0 Å². The second kappa shape index (κ2) is 6.89. The normalized spacial score (nSPS) is 17.8. The predicted molar refractivity (Wildman–Crippen MR) is 104 cm³/mol. The monoisotopic (exact) mass is 387 g/mol. The maximum absolute atomic E-state index is 13.6. The van der Waals surface area contributed by atoms with Crippen molar-refractivity contribution in [2.75, 3.05) is 28.6 Å². The summed E-state index contributed by atoms with van der Waals surface area (Å²) in [6, 6.07) is 9.76. The number of anilines is 3. The van der Waals surface area contributed by atoms with E-state index in [1.54, 1.807) is 17.0 Å². The summed E-state index contributed by atoms with van der Waals surface area (Å²) < 4.78 is 40.8. The van der Waals surface area contributed by atoms with Gasteiger partial charge >= 0.3 is 6.18 Å². The Hall–Kier alpha value is -2.96. The van der Waals surface area contributed by atoms with Gasteiger partial charge in [0.2, 0.25) is 0 Å². The fourth-order valence-electron chi connectivity index (χ4n) is 3.81. The van der Waals surface area contributed by atoms with Gasteiger partial charge < -0.3 is 15.5 Å². The number of fused-ring (bicyclic) bond motifs is 1. The predicted octanol–water partition coefficient (Wildman–Crippen LogP) is 5.02. The topological polar surface area (TPSA) is 44.4 Å². The zero-order valence-electron chi connectivity index (χ0n) is 15.4. The summed E-state index contributed by atoms with van der Waals surface area (Å²) in [4.78, 5) is 14.0. The molecule has 2 aromatic carbocycles. The van der Waals surface area contributed by atoms with Gasteiger partial charge in [-0.3, -0.25) is 4.79 Å². The Kier molecular flexibility index (Phi) is 4.53. The van der Waals surface area contributed by atoms with Gasteiger partial charge in [-0.2, -0.15) is 13.2 Å². The fraction of sp³-hybridized carbons (Fsp3) is 0.286. The molecule has 0 spiro atoms. The van der Waals surface area contributed by atoms with Crippen LogP contribution in [-0.2, 0) is 11.0 Å². The first-order valence-corrected chi connectivity index (χ1v) is 9.19. The summed E-state index contributed by atoms with van der Waals surface area (Å²) in [7, 11) is 0. The van der Waals surface area contributed by atoms with Crippen molar-refractivity contribution in [1.82, 2.24) is 0 Å². The van der Waals surface area contributed by atoms with E-state index in [0.717, 1.165) is 30.0 Å². The number of carbonyl (C=O) groups is 1. The molecule has 1 saturated heterocycles. The lowest BCUT2D eigenvalue weighted by atomic mass is 10.0. The molecule has 2 N–H and O–H groups in total. The first-order chi connectivity index (χ1) is 13.3. The van der Waals surface area contributed by atoms with E-state index in [-0.39, 0.29) is 17.3 Å². The highest BCUT2D eigenvalue weighted by atomic mass is 19.4. The highest BCUT2D eigenvalue weighted by Gasteiger charge is 2.35. The largest absolute Gasteiger partial charge is 0.418 e. The van der Waals surface area contributed by atoms with E-state index in [0.29, 0.717) is 24.4 Å². The lowest BCUT2D eigenvalue weighted by Gasteiger charge is -2.23. The second-order valence-corrected chi connectivity index (χ2v) is 7.08. The van der Waals surface area contributed by atoms with Crippen LogP contribution in [-0.4, -0.2) is 19.0 Å². The van der Waals surface area contributed by atoms with E-state index in [9.17, 15) is 18.0 Å². The van der Waals surface area contributed by atoms with Crippen molar-refractivity contribution in [3.8, 4) is 0 Å². The molecule has 1 fully saturated rings. The number of benzene rings is 2. The van der Waals surface area contributed by atoms with Crippen LogP contribution in [0.3, 0.4) is 0 Å². The summed E-state index contributed by atoms with van der Waals surface area (Å²) >= 11 is 0. The van der Waals surface area contributed by atoms with Crippen molar-refractivity contribution in [2.45, 2.75) is 25.9 Å². The number of rotatable bonds is 3. The van der Waals surface area contributed by atoms with E-state index in [4.69, 9.17) is 0 Å². The Morgan fingerprint density at radius 2 is 1.89 bits per heavy atom. The van der Waals surface area contributed by atoms with Gasteiger partial charge in [0.15, 0.2) is 0 Å². The van der Waals surface area contributed by atoms with Crippen LogP contribution >= 0.6 is 0 Å². The van der Waals surface area contributed by atoms with Gasteiger partial charge in [0.05, 0.1) is 11.1 Å². The number of nitrogens with one attached hydrogen (secondary N) is 2. The molecule has 2 aliphatic rings. The third kappa shape index (κ3) is 3.32. The summed E-state index contributed by atoms with van der Waals surface area (Å²) in [5.41, 5.74) is 2.64. The molecule has 0 aromatic heterocycles. The maximum Gasteiger partial charge on any atom is 0.418 e. The van der Waals surface area contributed by atoms with Gasteiger partial charge in [-0.1, -0.05) is 12.1 Å². The molecule has 0 unspecified atom stereocenters. The molecule has 0 aliphatic carbocycles. The fourth-order valence-corrected chi connectivity index (χ4v) is 3.81. The molecular formula is C21H20F3N3O. The van der Waals surface area contributed by atoms with E-state index in [1.165, 1.54) is 12.3 Å². The van der Waals surface area contributed by atoms with E-state index in [1.807, 2.05) is 19.1 Å². The third-order valence-corrected chi connectivity index (χ3v) is 5.17. The van der Waals surface area contributed by atoms with Gasteiger partial charge in [0, 0.05) is 41.9 Å². The van der Waals surface area contributed by atoms with Crippen molar-refractivity contribution in [3.05, 3.63) is 59.3 Å². The van der Waals surface area contributed by atoms with Crippen LogP contribution in [0.1, 0.15) is 29.5 Å². The van der Waals surface area contributed by atoms with Gasteiger partial charge in [-0.05, 0) is 49.6 Å². The standard InChI is InChI=1S/C21H20F3N3O/c1-13-5-4-6-17-19(13)15(20(28)26-17)12-25-14-7-8-18(27-9-2-3-10-27)16(11-14)21(22,23)24/h4-8,11-12,25H,2-3,9-10H2,1H3,(H,26,28)/b15-12+. The lowest BCUT2D eigenvalue weighted by molar-refractivity contribution is -0.137. The van der Waals surface area contributed by atoms with Gasteiger partial charge in [0.1, 0.15) is 0 Å². The van der Waals surface area contributed by atoms with E-state index >= 15 is 0 Å². The highest BCUT2D eigenvalue weighted by Crippen LogP contribution is 2.40. The Morgan fingerprint density at radius 1 is 1.14 bits per heavy atom. The van der Waals surface area contributed by atoms with Gasteiger partial charge in [-0.15, -0.1) is 0 Å². The minimum absolute atomic E-state index is 0.211. The molecule has 2 heterocycles. The second-order valence-electron chi connectivity index (χ2n) is 7.08. The number of halogens is 3. The maximum atomic E-state index is 13.6. The van der Waals surface area contributed by atoms with Crippen molar-refractivity contribution in [1.29, 1.82) is 0 Å². The number of hydrogen-bond donors (Lipinski definition) is 2. The van der Waals surface area contributed by atoms with Crippen LogP contribution in [0, 0.1) is 6.92 Å². The smallest absolute Gasteiger partial charge is 0.371 e. The van der Waals surface area contributed by atoms with E-state index < -0.39 is 11.7 Å². The Bertz CT molecular complexity index is 960. The van der Waals surface area contributed by atoms with Gasteiger partial charge in [-0.25, -0.2) is 0 Å². The Morgan fingerprint density at radius 3 is 2.61 bits per heavy atom. The van der Waals surface area contributed by atoms with Crippen LogP contribution < -0.4 is 15.5 Å². The molecule has 0 atom stereocenters. The average molecular weight is 387 g/mol. The summed E-state index contributed by atoms with van der Waals surface area (Å²) in [6.45, 7) is 3.16. The summed E-state index contributed by atoms with van der Waals surface area (Å²) in [5, 5.41) is 5.65. The molecule has 0 bridgehead atoms. The molecule has 2 aromatic rings. The molecule has 7 heteroatoms. The number of amides is 1. The first kappa shape index (κ1) is 18.4. The number of aryl methyl sites for hydroxylation is 1. The quantitative estimate of drug-likeness (QED) is 0.727. The Labute approximate surface area is 161 Å². The van der Waals surface area contributed by atoms with Crippen molar-refractivity contribution < 1.29 is 18.0 Å². The molecule has 2 aliphatic heterocycles. The van der Waals surface area contributed by atoms with Crippen molar-refractivity contribution in [3.63, 3.8) is 0 Å². The molecule has 0 saturated carbocycles. The number of nitrogens with zero attached hydrogens (tertiary/aromatic N) is 1. The molecule has 4 rings (SSSR count). The lowest BCUT2D eigenvalue weighted by Crippen LogP contribution is -2.22. The number of hydrogen-bond acceptors (Lipinski definition) is 3. The third-order valence-electron chi connectivity index (χ3n) is 5.17. The highest BCUT2D eigenvalue weighted by molar-refractivity contribution is 6.32. The molecule has 28 heavy (non-hydrogen) atoms. The molecule has 4 nitrogen and oxygen atoms in total. The van der Waals surface area contributed by atoms with Crippen LogP contribution in [0.5, 0.6) is 0 Å². The number of carbonyl (C=O) groups excluding carboxylic acids is 1. The number of alkyl halides is 3. The molecular weight excluding hydrogens is 367 g/mol. The minimum atomic E-state index is -4.45. The molecule has 0 radical (unpaired) electrons. The summed E-state index contributed by atoms with van der Waals surface area (Å²) in [5.74, 6) is -0.276. The first-order valence-electron chi connectivity index (χ1n) is 9.19. The van der Waals surface area contributed by atoms with Crippen molar-refractivity contribution in [2.24, 2.45) is 0 Å². The van der Waals surface area contributed by atoms with Crippen LogP contribution in [0.15, 0.2) is 42.6 Å². The zero-order valence-corrected chi connectivity index (χ0v) is 15.4. The molecule has 1 amide bonds. The Balaban J connectivity index is 1.66. The van der Waals surface area contributed by atoms with Gasteiger partial charge in [0.25, 0.3) is 5.91 Å². The van der Waals surface area contributed by atoms with E-state index in [2.05, 4.69) is 10.6 Å². The van der Waals surface area contributed by atoms with Crippen LogP contribution in [0.4, 0.5) is 30.2 Å². The SMILES string of the molecule is Cc1cccc2c1/C(=C\Nc1ccc(N3CCCC3)c(C(F)(F)F)c1)C(=O)N2. The molecule has 146 valence electrons. The zero-order chi connectivity index (χ0) is 19.9.